The number of nitrogens with two attached hydrogens (primary N) is 1. The van der Waals surface area contributed by atoms with Crippen LogP contribution in [0.25, 0.3) is 0 Å². The molecule has 0 aliphatic rings. The van der Waals surface area contributed by atoms with Crippen LogP contribution >= 0.6 is 0 Å². The van der Waals surface area contributed by atoms with E-state index in [0.29, 0.717) is 18.8 Å². The lowest BCUT2D eigenvalue weighted by atomic mass is 10.1. The second-order valence-electron chi connectivity index (χ2n) is 5.31. The van der Waals surface area contributed by atoms with Crippen molar-refractivity contribution in [3.05, 3.63) is 66.2 Å². The van der Waals surface area contributed by atoms with Crippen LogP contribution < -0.4 is 15.8 Å². The topological polar surface area (TPSA) is 64.3 Å². The molecule has 22 heavy (non-hydrogen) atoms. The minimum Gasteiger partial charge on any atom is -0.476 e. The summed E-state index contributed by atoms with van der Waals surface area (Å²) in [5.74, 6) is 0.742. The van der Waals surface area contributed by atoms with Crippen LogP contribution in [0.1, 0.15) is 18.6 Å². The predicted octanol–water partition coefficient (Wildman–Crippen LogP) is 2.52. The number of carbonyl (C=O) groups is 1. The molecule has 0 spiro atoms. The first-order chi connectivity index (χ1) is 10.7. The molecule has 2 aromatic rings. The Hall–Kier alpha value is -2.33. The molecule has 0 radical (unpaired) electrons. The lowest BCUT2D eigenvalue weighted by Gasteiger charge is -2.20. The second-order valence-corrected chi connectivity index (χ2v) is 5.31. The van der Waals surface area contributed by atoms with Crippen molar-refractivity contribution in [2.75, 3.05) is 13.1 Å². The Labute approximate surface area is 131 Å². The first-order valence-electron chi connectivity index (χ1n) is 7.45. The molecule has 4 heteroatoms. The van der Waals surface area contributed by atoms with Gasteiger partial charge in [-0.15, -0.1) is 0 Å². The van der Waals surface area contributed by atoms with Crippen molar-refractivity contribution in [2.24, 2.45) is 11.7 Å². The van der Waals surface area contributed by atoms with Crippen LogP contribution in [0.15, 0.2) is 60.7 Å². The van der Waals surface area contributed by atoms with Gasteiger partial charge in [-0.05, 0) is 24.6 Å². The Morgan fingerprint density at radius 2 is 1.68 bits per heavy atom. The van der Waals surface area contributed by atoms with Crippen LogP contribution in [0.5, 0.6) is 5.75 Å². The van der Waals surface area contributed by atoms with Crippen molar-refractivity contribution in [2.45, 2.75) is 13.0 Å². The summed E-state index contributed by atoms with van der Waals surface area (Å²) in [4.78, 5) is 12.5. The third-order valence-electron chi connectivity index (χ3n) is 3.36. The van der Waals surface area contributed by atoms with Gasteiger partial charge in [-0.1, -0.05) is 55.5 Å². The summed E-state index contributed by atoms with van der Waals surface area (Å²) in [6.07, 6.45) is -0.673. The van der Waals surface area contributed by atoms with E-state index in [1.165, 1.54) is 0 Å². The maximum absolute atomic E-state index is 12.5. The average molecular weight is 298 g/mol. The number of hydrogen-bond acceptors (Lipinski definition) is 3. The largest absolute Gasteiger partial charge is 0.476 e. The van der Waals surface area contributed by atoms with Gasteiger partial charge in [0.1, 0.15) is 5.75 Å². The van der Waals surface area contributed by atoms with Crippen molar-refractivity contribution in [3.63, 3.8) is 0 Å². The number of rotatable bonds is 7. The molecule has 0 bridgehead atoms. The van der Waals surface area contributed by atoms with E-state index in [-0.39, 0.29) is 11.8 Å². The monoisotopic (exact) mass is 298 g/mol. The van der Waals surface area contributed by atoms with Gasteiger partial charge in [0.25, 0.3) is 5.91 Å². The molecule has 0 aromatic heterocycles. The maximum Gasteiger partial charge on any atom is 0.265 e. The number of hydrogen-bond donors (Lipinski definition) is 2. The fourth-order valence-corrected chi connectivity index (χ4v) is 1.99. The normalized spacial score (nSPS) is 13.2. The lowest BCUT2D eigenvalue weighted by Crippen LogP contribution is -2.36. The SMILES string of the molecule is CC(CN)CNC(=O)C(Oc1ccccc1)c1ccccc1. The standard InChI is InChI=1S/C18H22N2O2/c1-14(12-19)13-20-18(21)17(15-8-4-2-5-9-15)22-16-10-6-3-7-11-16/h2-11,14,17H,12-13,19H2,1H3,(H,20,21). The van der Waals surface area contributed by atoms with Crippen molar-refractivity contribution in [3.8, 4) is 5.75 Å². The summed E-state index contributed by atoms with van der Waals surface area (Å²) in [5, 5.41) is 2.91. The molecule has 0 heterocycles. The number of benzene rings is 2. The van der Waals surface area contributed by atoms with Crippen molar-refractivity contribution in [1.29, 1.82) is 0 Å². The van der Waals surface area contributed by atoms with E-state index in [1.807, 2.05) is 67.6 Å². The van der Waals surface area contributed by atoms with Crippen LogP contribution in [-0.2, 0) is 4.79 Å². The number of nitrogens with one attached hydrogen (secondary N) is 1. The van der Waals surface area contributed by atoms with Crippen molar-refractivity contribution < 1.29 is 9.53 Å². The molecular weight excluding hydrogens is 276 g/mol. The van der Waals surface area contributed by atoms with Crippen LogP contribution in [0.3, 0.4) is 0 Å². The zero-order chi connectivity index (χ0) is 15.8. The van der Waals surface area contributed by atoms with E-state index in [9.17, 15) is 4.79 Å². The van der Waals surface area contributed by atoms with Crippen molar-refractivity contribution >= 4 is 5.91 Å². The summed E-state index contributed by atoms with van der Waals surface area (Å²) in [6.45, 7) is 3.07. The summed E-state index contributed by atoms with van der Waals surface area (Å²) < 4.78 is 5.88. The first-order valence-corrected chi connectivity index (χ1v) is 7.45. The molecule has 0 aliphatic carbocycles. The molecule has 1 amide bonds. The maximum atomic E-state index is 12.5. The quantitative estimate of drug-likeness (QED) is 0.825. The molecule has 2 rings (SSSR count). The van der Waals surface area contributed by atoms with Crippen LogP contribution in [-0.4, -0.2) is 19.0 Å². The zero-order valence-electron chi connectivity index (χ0n) is 12.7. The molecule has 0 aliphatic heterocycles. The molecule has 2 atom stereocenters. The molecule has 2 unspecified atom stereocenters. The summed E-state index contributed by atoms with van der Waals surface area (Å²) in [6, 6.07) is 18.8. The minimum atomic E-state index is -0.673. The molecular formula is C18H22N2O2. The summed E-state index contributed by atoms with van der Waals surface area (Å²) in [5.41, 5.74) is 6.41. The summed E-state index contributed by atoms with van der Waals surface area (Å²) >= 11 is 0. The fraction of sp³-hybridized carbons (Fsp3) is 0.278. The van der Waals surface area contributed by atoms with E-state index in [2.05, 4.69) is 5.32 Å². The molecule has 3 N–H and O–H groups in total. The second kappa shape index (κ2) is 8.20. The third kappa shape index (κ3) is 4.60. The van der Waals surface area contributed by atoms with Gasteiger partial charge >= 0.3 is 0 Å². The average Bonchev–Trinajstić information content (AvgIpc) is 2.59. The number of carbonyl (C=O) groups excluding carboxylic acids is 1. The van der Waals surface area contributed by atoms with E-state index in [0.717, 1.165) is 5.56 Å². The van der Waals surface area contributed by atoms with Gasteiger partial charge in [-0.25, -0.2) is 0 Å². The Bertz CT molecular complexity index is 572. The Morgan fingerprint density at radius 3 is 2.27 bits per heavy atom. The number of para-hydroxylation sites is 1. The van der Waals surface area contributed by atoms with Gasteiger partial charge < -0.3 is 15.8 Å². The highest BCUT2D eigenvalue weighted by molar-refractivity contribution is 5.82. The summed E-state index contributed by atoms with van der Waals surface area (Å²) in [7, 11) is 0. The molecule has 4 nitrogen and oxygen atoms in total. The van der Waals surface area contributed by atoms with Crippen LogP contribution in [0, 0.1) is 5.92 Å². The molecule has 2 aromatic carbocycles. The Balaban J connectivity index is 2.13. The van der Waals surface area contributed by atoms with Gasteiger partial charge in [0.15, 0.2) is 0 Å². The minimum absolute atomic E-state index is 0.157. The molecule has 116 valence electrons. The zero-order valence-corrected chi connectivity index (χ0v) is 12.7. The van der Waals surface area contributed by atoms with E-state index in [4.69, 9.17) is 10.5 Å². The van der Waals surface area contributed by atoms with Gasteiger partial charge in [0.05, 0.1) is 0 Å². The third-order valence-corrected chi connectivity index (χ3v) is 3.36. The van der Waals surface area contributed by atoms with E-state index < -0.39 is 6.10 Å². The van der Waals surface area contributed by atoms with E-state index >= 15 is 0 Å². The smallest absolute Gasteiger partial charge is 0.265 e. The Kier molecular flexibility index (Phi) is 5.98. The first kappa shape index (κ1) is 16.0. The van der Waals surface area contributed by atoms with Crippen molar-refractivity contribution in [1.82, 2.24) is 5.32 Å². The highest BCUT2D eigenvalue weighted by Crippen LogP contribution is 2.22. The lowest BCUT2D eigenvalue weighted by molar-refractivity contribution is -0.128. The molecule has 0 saturated heterocycles. The highest BCUT2D eigenvalue weighted by atomic mass is 16.5. The highest BCUT2D eigenvalue weighted by Gasteiger charge is 2.22. The van der Waals surface area contributed by atoms with E-state index in [1.54, 1.807) is 0 Å². The fourth-order valence-electron chi connectivity index (χ4n) is 1.99. The molecule has 0 saturated carbocycles. The molecule has 0 fully saturated rings. The van der Waals surface area contributed by atoms with Gasteiger partial charge in [-0.3, -0.25) is 4.79 Å². The number of ether oxygens (including phenoxy) is 1. The number of amides is 1. The Morgan fingerprint density at radius 1 is 1.09 bits per heavy atom. The van der Waals surface area contributed by atoms with Gasteiger partial charge in [0.2, 0.25) is 6.10 Å². The van der Waals surface area contributed by atoms with Crippen LogP contribution in [0.4, 0.5) is 0 Å². The predicted molar refractivity (Wildman–Crippen MR) is 87.5 cm³/mol. The van der Waals surface area contributed by atoms with Crippen LogP contribution in [0.2, 0.25) is 0 Å². The van der Waals surface area contributed by atoms with Gasteiger partial charge in [-0.2, -0.15) is 0 Å². The van der Waals surface area contributed by atoms with Gasteiger partial charge in [0, 0.05) is 12.1 Å².